The highest BCUT2D eigenvalue weighted by molar-refractivity contribution is 6.16. The third-order valence-corrected chi connectivity index (χ3v) is 4.22. The first kappa shape index (κ1) is 10.1. The number of hydrogen-bond acceptors (Lipinski definition) is 0. The maximum atomic E-state index is 2.50. The second-order valence-corrected chi connectivity index (χ2v) is 5.40. The zero-order valence-corrected chi connectivity index (χ0v) is 9.24. The molecule has 0 aromatic carbocycles. The monoisotopic (exact) mass is 166 g/mol. The lowest BCUT2D eigenvalue weighted by atomic mass is 9.51. The van der Waals surface area contributed by atoms with Gasteiger partial charge in [0, 0.05) is 0 Å². The second kappa shape index (κ2) is 3.43. The maximum Gasteiger partial charge on any atom is 0.110 e. The number of rotatable bonds is 3. The van der Waals surface area contributed by atoms with Gasteiger partial charge < -0.3 is 0 Å². The normalized spacial score (nSPS) is 22.9. The molecule has 0 bridgehead atoms. The van der Waals surface area contributed by atoms with E-state index in [4.69, 9.17) is 0 Å². The highest BCUT2D eigenvalue weighted by atomic mass is 14.4. The molecule has 0 saturated heterocycles. The predicted octanol–water partition coefficient (Wildman–Crippen LogP) is 3.18. The summed E-state index contributed by atoms with van der Waals surface area (Å²) in [6.07, 6.45) is 8.57. The molecule has 0 amide bonds. The molecule has 1 fully saturated rings. The van der Waals surface area contributed by atoms with Gasteiger partial charge in [-0.15, -0.1) is 0 Å². The molecule has 0 aromatic heterocycles. The summed E-state index contributed by atoms with van der Waals surface area (Å²) in [4.78, 5) is 0. The summed E-state index contributed by atoms with van der Waals surface area (Å²) in [5.41, 5.74) is 0.568. The minimum Gasteiger partial charge on any atom is -0.0654 e. The molecule has 0 unspecified atom stereocenters. The Balaban J connectivity index is 2.64. The van der Waals surface area contributed by atoms with Crippen molar-refractivity contribution < 1.29 is 0 Å². The van der Waals surface area contributed by atoms with Crippen LogP contribution in [0.5, 0.6) is 0 Å². The number of hydrogen-bond donors (Lipinski definition) is 0. The van der Waals surface area contributed by atoms with E-state index in [1.165, 1.54) is 38.5 Å². The van der Waals surface area contributed by atoms with Crippen molar-refractivity contribution in [3.8, 4) is 0 Å². The Bertz CT molecular complexity index is 143. The lowest BCUT2D eigenvalue weighted by Crippen LogP contribution is -2.29. The Morgan fingerprint density at radius 3 is 2.17 bits per heavy atom. The minimum atomic E-state index is 0.568. The average molecular weight is 166 g/mol. The van der Waals surface area contributed by atoms with Crippen LogP contribution in [0.25, 0.3) is 0 Å². The summed E-state index contributed by atoms with van der Waals surface area (Å²) >= 11 is 0. The molecule has 70 valence electrons. The molecule has 0 aromatic rings. The maximum absolute atomic E-state index is 2.50. The van der Waals surface area contributed by atoms with Crippen LogP contribution < -0.4 is 0 Å². The Hall–Kier alpha value is 0.0649. The summed E-state index contributed by atoms with van der Waals surface area (Å²) in [5, 5.41) is 0.642. The highest BCUT2D eigenvalue weighted by Gasteiger charge is 2.41. The van der Waals surface area contributed by atoms with Crippen molar-refractivity contribution in [1.82, 2.24) is 0 Å². The third kappa shape index (κ3) is 1.70. The van der Waals surface area contributed by atoms with Gasteiger partial charge in [-0.05, 0) is 11.8 Å². The lowest BCUT2D eigenvalue weighted by Gasteiger charge is -2.42. The van der Waals surface area contributed by atoms with Gasteiger partial charge in [-0.25, -0.2) is 0 Å². The van der Waals surface area contributed by atoms with Gasteiger partial charge in [0.05, 0.1) is 0 Å². The molecule has 1 rings (SSSR count). The Morgan fingerprint density at radius 1 is 1.25 bits per heavy atom. The summed E-state index contributed by atoms with van der Waals surface area (Å²) < 4.78 is 0. The average Bonchev–Trinajstić information content (AvgIpc) is 2.37. The fourth-order valence-electron chi connectivity index (χ4n) is 2.76. The molecule has 0 nitrogen and oxygen atoms in total. The molecular weight excluding hydrogens is 143 g/mol. The molecule has 1 aliphatic rings. The predicted molar refractivity (Wildman–Crippen MR) is 58.4 cm³/mol. The van der Waals surface area contributed by atoms with Crippen LogP contribution in [0.3, 0.4) is 0 Å². The van der Waals surface area contributed by atoms with Gasteiger partial charge in [-0.2, -0.15) is 0 Å². The topological polar surface area (TPSA) is 0 Å². The molecule has 1 heteroatoms. The largest absolute Gasteiger partial charge is 0.110 e. The summed E-state index contributed by atoms with van der Waals surface area (Å²) in [7, 11) is 2.50. The van der Waals surface area contributed by atoms with Crippen molar-refractivity contribution in [2.45, 2.75) is 64.6 Å². The molecule has 0 radical (unpaired) electrons. The van der Waals surface area contributed by atoms with Gasteiger partial charge in [0.25, 0.3) is 0 Å². The quantitative estimate of drug-likeness (QED) is 0.565. The molecular formula is C11H23B. The second-order valence-electron chi connectivity index (χ2n) is 5.40. The fourth-order valence-corrected chi connectivity index (χ4v) is 2.76. The van der Waals surface area contributed by atoms with E-state index in [1.54, 1.807) is 0 Å². The fraction of sp³-hybridized carbons (Fsp3) is 1.00. The summed E-state index contributed by atoms with van der Waals surface area (Å²) in [6, 6.07) is 0. The van der Waals surface area contributed by atoms with Crippen LogP contribution in [0.2, 0.25) is 5.31 Å². The first-order chi connectivity index (χ1) is 5.52. The summed E-state index contributed by atoms with van der Waals surface area (Å²) in [5.74, 6) is 0. The van der Waals surface area contributed by atoms with Crippen LogP contribution in [0.15, 0.2) is 0 Å². The molecule has 0 aliphatic heterocycles. The van der Waals surface area contributed by atoms with E-state index >= 15 is 0 Å². The lowest BCUT2D eigenvalue weighted by molar-refractivity contribution is 0.215. The van der Waals surface area contributed by atoms with Gasteiger partial charge >= 0.3 is 0 Å². The standard InChI is InChI=1S/C11H23B/c1-4-7-10(2,3)11(12)8-5-6-9-11/h4-9,12H2,1-3H3. The van der Waals surface area contributed by atoms with Crippen molar-refractivity contribution in [2.75, 3.05) is 0 Å². The molecule has 12 heavy (non-hydrogen) atoms. The smallest absolute Gasteiger partial charge is 0.0654 e. The van der Waals surface area contributed by atoms with Crippen LogP contribution in [0.4, 0.5) is 0 Å². The molecule has 1 saturated carbocycles. The Labute approximate surface area is 78.5 Å². The van der Waals surface area contributed by atoms with E-state index < -0.39 is 0 Å². The van der Waals surface area contributed by atoms with Gasteiger partial charge in [0.15, 0.2) is 0 Å². The van der Waals surface area contributed by atoms with Crippen molar-refractivity contribution >= 4 is 7.85 Å². The van der Waals surface area contributed by atoms with Crippen molar-refractivity contribution in [3.05, 3.63) is 0 Å². The van der Waals surface area contributed by atoms with Crippen molar-refractivity contribution in [2.24, 2.45) is 5.41 Å². The minimum absolute atomic E-state index is 0.568. The van der Waals surface area contributed by atoms with E-state index in [0.717, 1.165) is 0 Å². The third-order valence-electron chi connectivity index (χ3n) is 4.22. The first-order valence-corrected chi connectivity index (χ1v) is 5.52. The van der Waals surface area contributed by atoms with Crippen molar-refractivity contribution in [1.29, 1.82) is 0 Å². The van der Waals surface area contributed by atoms with Crippen molar-refractivity contribution in [3.63, 3.8) is 0 Å². The summed E-state index contributed by atoms with van der Waals surface area (Å²) in [6.45, 7) is 7.23. The zero-order chi connectivity index (χ0) is 9.24. The van der Waals surface area contributed by atoms with E-state index in [9.17, 15) is 0 Å². The van der Waals surface area contributed by atoms with Crippen LogP contribution >= 0.6 is 0 Å². The molecule has 0 N–H and O–H groups in total. The van der Waals surface area contributed by atoms with Gasteiger partial charge in [-0.1, -0.05) is 58.2 Å². The zero-order valence-electron chi connectivity index (χ0n) is 9.24. The Morgan fingerprint density at radius 2 is 1.75 bits per heavy atom. The Kier molecular flexibility index (Phi) is 2.90. The van der Waals surface area contributed by atoms with E-state index in [2.05, 4.69) is 28.6 Å². The first-order valence-electron chi connectivity index (χ1n) is 5.52. The molecule has 0 heterocycles. The van der Waals surface area contributed by atoms with Gasteiger partial charge in [0.2, 0.25) is 0 Å². The van der Waals surface area contributed by atoms with Gasteiger partial charge in [0.1, 0.15) is 7.85 Å². The molecule has 0 atom stereocenters. The highest BCUT2D eigenvalue weighted by Crippen LogP contribution is 2.56. The van der Waals surface area contributed by atoms with E-state index in [0.29, 0.717) is 10.7 Å². The van der Waals surface area contributed by atoms with Gasteiger partial charge in [-0.3, -0.25) is 0 Å². The van der Waals surface area contributed by atoms with Crippen LogP contribution in [0, 0.1) is 5.41 Å². The van der Waals surface area contributed by atoms with E-state index in [1.807, 2.05) is 0 Å². The van der Waals surface area contributed by atoms with E-state index in [-0.39, 0.29) is 0 Å². The van der Waals surface area contributed by atoms with Crippen LogP contribution in [-0.4, -0.2) is 7.85 Å². The molecule has 0 spiro atoms. The van der Waals surface area contributed by atoms with Crippen LogP contribution in [0.1, 0.15) is 59.3 Å². The van der Waals surface area contributed by atoms with Crippen LogP contribution in [-0.2, 0) is 0 Å². The SMILES string of the molecule is BC1(C(C)(C)CCC)CCCC1. The molecule has 1 aliphatic carbocycles.